The number of pyridine rings is 1. The summed E-state index contributed by atoms with van der Waals surface area (Å²) in [5, 5.41) is 25.1. The molecule has 35 heavy (non-hydrogen) atoms. The van der Waals surface area contributed by atoms with Gasteiger partial charge in [0.05, 0.1) is 12.7 Å². The molecule has 0 fully saturated rings. The highest BCUT2D eigenvalue weighted by molar-refractivity contribution is 5.76. The fraction of sp³-hybridized carbons (Fsp3) is 0.417. The van der Waals surface area contributed by atoms with Crippen LogP contribution >= 0.6 is 0 Å². The molecular weight excluding hydrogens is 454 g/mol. The number of aliphatic hydroxyl groups excluding tert-OH is 2. The van der Waals surface area contributed by atoms with Crippen LogP contribution in [0.1, 0.15) is 19.5 Å². The first kappa shape index (κ1) is 25.9. The molecule has 0 radical (unpaired) electrons. The maximum absolute atomic E-state index is 11.1. The molecule has 3 N–H and O–H groups in total. The zero-order valence-corrected chi connectivity index (χ0v) is 20.5. The third-order valence-electron chi connectivity index (χ3n) is 5.28. The number of anilines is 1. The number of benzene rings is 1. The van der Waals surface area contributed by atoms with E-state index in [1.54, 1.807) is 18.2 Å². The minimum Gasteiger partial charge on any atom is -0.496 e. The van der Waals surface area contributed by atoms with Crippen molar-refractivity contribution in [2.45, 2.75) is 32.9 Å². The molecule has 0 bridgehead atoms. The number of aromatic nitrogens is 3. The van der Waals surface area contributed by atoms with Gasteiger partial charge in [0.25, 0.3) is 5.89 Å². The summed E-state index contributed by atoms with van der Waals surface area (Å²) in [5.41, 5.74) is 2.21. The molecule has 2 heterocycles. The minimum atomic E-state index is -0.945. The molecule has 11 nitrogen and oxygen atoms in total. The number of aliphatic hydroxyl groups is 2. The lowest BCUT2D eigenvalue weighted by atomic mass is 10.1. The van der Waals surface area contributed by atoms with Crippen LogP contribution in [-0.4, -0.2) is 77.3 Å². The highest BCUT2D eigenvalue weighted by atomic mass is 16.5. The zero-order valence-electron chi connectivity index (χ0n) is 20.5. The number of hydrogen-bond acceptors (Lipinski definition) is 10. The molecule has 3 aromatic rings. The van der Waals surface area contributed by atoms with Crippen molar-refractivity contribution in [1.29, 1.82) is 0 Å². The molecule has 3 rings (SSSR count). The third-order valence-corrected chi connectivity index (χ3v) is 5.28. The largest absolute Gasteiger partial charge is 0.496 e. The highest BCUT2D eigenvalue weighted by Gasteiger charge is 2.18. The number of methoxy groups -OCH3 is 1. The molecule has 2 aromatic heterocycles. The molecular formula is C24H31N5O6. The van der Waals surface area contributed by atoms with Gasteiger partial charge in [-0.25, -0.2) is 4.98 Å². The number of ether oxygens (including phenoxy) is 2. The first-order valence-corrected chi connectivity index (χ1v) is 11.1. The Hall–Kier alpha value is -3.70. The number of rotatable bonds is 11. The SMILES string of the molecule is COc1cc(OC[C@H](O)CNC(=O)CO)ccc1-c1noc(-c2cc(C)nc(N(C)C(C)C)c2)n1. The molecule has 0 saturated carbocycles. The molecule has 0 aliphatic rings. The Morgan fingerprint density at radius 1 is 1.23 bits per heavy atom. The zero-order chi connectivity index (χ0) is 25.5. The summed E-state index contributed by atoms with van der Waals surface area (Å²) in [7, 11) is 3.50. The average molecular weight is 486 g/mol. The molecule has 0 unspecified atom stereocenters. The van der Waals surface area contributed by atoms with Gasteiger partial charge in [-0.3, -0.25) is 4.79 Å². The van der Waals surface area contributed by atoms with Crippen LogP contribution in [0.5, 0.6) is 11.5 Å². The van der Waals surface area contributed by atoms with Crippen LogP contribution in [0.25, 0.3) is 22.8 Å². The van der Waals surface area contributed by atoms with Gasteiger partial charge >= 0.3 is 0 Å². The standard InChI is InChI=1S/C24H31N5O6/c1-14(2)29(4)21-9-16(8-15(3)26-21)24-27-23(28-35-24)19-7-6-18(10-20(19)33-5)34-13-17(31)11-25-22(32)12-30/h6-10,14,17,30-31H,11-13H2,1-5H3,(H,25,32)/t17-/m1/s1. The molecule has 0 saturated heterocycles. The Labute approximate surface area is 203 Å². The number of hydrogen-bond donors (Lipinski definition) is 3. The van der Waals surface area contributed by atoms with Crippen LogP contribution in [0, 0.1) is 6.92 Å². The summed E-state index contributed by atoms with van der Waals surface area (Å²) >= 11 is 0. The second-order valence-corrected chi connectivity index (χ2v) is 8.27. The maximum Gasteiger partial charge on any atom is 0.258 e. The summed E-state index contributed by atoms with van der Waals surface area (Å²) in [4.78, 5) is 22.3. The van der Waals surface area contributed by atoms with Gasteiger partial charge in [-0.1, -0.05) is 5.16 Å². The Kier molecular flexibility index (Phi) is 8.61. The van der Waals surface area contributed by atoms with Crippen molar-refractivity contribution in [2.75, 3.05) is 38.8 Å². The Morgan fingerprint density at radius 3 is 2.69 bits per heavy atom. The summed E-state index contributed by atoms with van der Waals surface area (Å²) in [5.74, 6) is 1.87. The Bertz CT molecular complexity index is 1150. The van der Waals surface area contributed by atoms with E-state index in [1.165, 1.54) is 7.11 Å². The van der Waals surface area contributed by atoms with E-state index in [-0.39, 0.29) is 19.2 Å². The van der Waals surface area contributed by atoms with Gasteiger partial charge in [0.1, 0.15) is 36.6 Å². The third kappa shape index (κ3) is 6.67. The fourth-order valence-electron chi connectivity index (χ4n) is 3.15. The second kappa shape index (κ2) is 11.6. The van der Waals surface area contributed by atoms with Gasteiger partial charge in [0.2, 0.25) is 11.7 Å². The summed E-state index contributed by atoms with van der Waals surface area (Å²) in [6, 6.07) is 9.15. The van der Waals surface area contributed by atoms with Crippen LogP contribution < -0.4 is 19.7 Å². The molecule has 0 spiro atoms. The van der Waals surface area contributed by atoms with Gasteiger partial charge in [-0.15, -0.1) is 0 Å². The number of nitrogens with one attached hydrogen (secondary N) is 1. The lowest BCUT2D eigenvalue weighted by Crippen LogP contribution is -2.36. The smallest absolute Gasteiger partial charge is 0.258 e. The number of nitrogens with zero attached hydrogens (tertiary/aromatic N) is 4. The Morgan fingerprint density at radius 2 is 2.00 bits per heavy atom. The number of aryl methyl sites for hydroxylation is 1. The number of amides is 1. The van der Waals surface area contributed by atoms with Crippen molar-refractivity contribution in [3.8, 4) is 34.3 Å². The van der Waals surface area contributed by atoms with E-state index < -0.39 is 18.6 Å². The van der Waals surface area contributed by atoms with Crippen LogP contribution in [0.3, 0.4) is 0 Å². The quantitative estimate of drug-likeness (QED) is 0.368. The topological polar surface area (TPSA) is 143 Å². The summed E-state index contributed by atoms with van der Waals surface area (Å²) in [6.45, 7) is 5.35. The van der Waals surface area contributed by atoms with E-state index in [1.807, 2.05) is 26.1 Å². The Balaban J connectivity index is 1.76. The van der Waals surface area contributed by atoms with E-state index in [2.05, 4.69) is 39.2 Å². The van der Waals surface area contributed by atoms with Crippen LogP contribution in [0.15, 0.2) is 34.9 Å². The number of carbonyl (C=O) groups is 1. The van der Waals surface area contributed by atoms with E-state index in [0.717, 1.165) is 17.1 Å². The monoisotopic (exact) mass is 485 g/mol. The van der Waals surface area contributed by atoms with E-state index in [9.17, 15) is 9.90 Å². The van der Waals surface area contributed by atoms with Gasteiger partial charge in [0, 0.05) is 37.0 Å². The van der Waals surface area contributed by atoms with Crippen molar-refractivity contribution in [1.82, 2.24) is 20.4 Å². The van der Waals surface area contributed by atoms with Crippen LogP contribution in [0.4, 0.5) is 5.82 Å². The molecule has 0 aliphatic carbocycles. The van der Waals surface area contributed by atoms with E-state index in [0.29, 0.717) is 28.8 Å². The summed E-state index contributed by atoms with van der Waals surface area (Å²) in [6.07, 6.45) is -0.945. The fourth-order valence-corrected chi connectivity index (χ4v) is 3.15. The summed E-state index contributed by atoms with van der Waals surface area (Å²) < 4.78 is 16.6. The molecule has 1 atom stereocenters. The first-order valence-electron chi connectivity index (χ1n) is 11.1. The van der Waals surface area contributed by atoms with Gasteiger partial charge in [-0.2, -0.15) is 4.98 Å². The van der Waals surface area contributed by atoms with E-state index in [4.69, 9.17) is 19.1 Å². The molecule has 1 amide bonds. The van der Waals surface area contributed by atoms with Crippen LogP contribution in [-0.2, 0) is 4.79 Å². The van der Waals surface area contributed by atoms with Crippen molar-refractivity contribution >= 4 is 11.7 Å². The highest BCUT2D eigenvalue weighted by Crippen LogP contribution is 2.33. The first-order chi connectivity index (χ1) is 16.7. The number of carbonyl (C=O) groups excluding carboxylic acids is 1. The van der Waals surface area contributed by atoms with Gasteiger partial charge in [-0.05, 0) is 45.0 Å². The van der Waals surface area contributed by atoms with Gasteiger partial charge < -0.3 is 34.4 Å². The normalized spacial score (nSPS) is 11.9. The molecule has 0 aliphatic heterocycles. The molecule has 188 valence electrons. The lowest BCUT2D eigenvalue weighted by molar-refractivity contribution is -0.124. The predicted molar refractivity (Wildman–Crippen MR) is 129 cm³/mol. The van der Waals surface area contributed by atoms with Crippen LogP contribution in [0.2, 0.25) is 0 Å². The van der Waals surface area contributed by atoms with Crippen molar-refractivity contribution in [3.63, 3.8) is 0 Å². The van der Waals surface area contributed by atoms with Crippen molar-refractivity contribution < 1.29 is 29.0 Å². The van der Waals surface area contributed by atoms with E-state index >= 15 is 0 Å². The minimum absolute atomic E-state index is 0.0383. The van der Waals surface area contributed by atoms with Crippen molar-refractivity contribution in [3.05, 3.63) is 36.0 Å². The van der Waals surface area contributed by atoms with Crippen molar-refractivity contribution in [2.24, 2.45) is 0 Å². The maximum atomic E-state index is 11.1. The van der Waals surface area contributed by atoms with Gasteiger partial charge in [0.15, 0.2) is 0 Å². The molecule has 11 heteroatoms. The predicted octanol–water partition coefficient (Wildman–Crippen LogP) is 1.81. The molecule has 1 aromatic carbocycles. The lowest BCUT2D eigenvalue weighted by Gasteiger charge is -2.23. The average Bonchev–Trinajstić information content (AvgIpc) is 3.35. The second-order valence-electron chi connectivity index (χ2n) is 8.27.